The van der Waals surface area contributed by atoms with E-state index in [0.29, 0.717) is 38.3 Å². The first kappa shape index (κ1) is 17.2. The van der Waals surface area contributed by atoms with E-state index in [1.54, 1.807) is 4.90 Å². The lowest BCUT2D eigenvalue weighted by Gasteiger charge is -2.39. The van der Waals surface area contributed by atoms with E-state index in [9.17, 15) is 13.2 Å². The third-order valence-electron chi connectivity index (χ3n) is 6.32. The number of likely N-dealkylation sites (N-methyl/N-ethyl adjacent to an activating group) is 1. The molecule has 27 heavy (non-hydrogen) atoms. The van der Waals surface area contributed by atoms with Gasteiger partial charge < -0.3 is 14.2 Å². The maximum absolute atomic E-state index is 13.3. The molecule has 3 aliphatic rings. The molecule has 8 heteroatoms. The molecular formula is C19H23N3O4S. The van der Waals surface area contributed by atoms with Crippen LogP contribution in [0.25, 0.3) is 10.9 Å². The maximum Gasteiger partial charge on any atom is 0.270 e. The Morgan fingerprint density at radius 3 is 2.81 bits per heavy atom. The summed E-state index contributed by atoms with van der Waals surface area (Å²) in [6.07, 6.45) is 0.258. The molecule has 2 bridgehead atoms. The summed E-state index contributed by atoms with van der Waals surface area (Å²) in [5, 5.41) is 0.483. The van der Waals surface area contributed by atoms with E-state index < -0.39 is 20.9 Å². The number of benzene rings is 1. The minimum absolute atomic E-state index is 0.0608. The van der Waals surface area contributed by atoms with Crippen LogP contribution in [-0.2, 0) is 21.8 Å². The van der Waals surface area contributed by atoms with Gasteiger partial charge in [-0.25, -0.2) is 8.42 Å². The van der Waals surface area contributed by atoms with Crippen LogP contribution < -0.4 is 0 Å². The van der Waals surface area contributed by atoms with Gasteiger partial charge in [-0.05, 0) is 18.6 Å². The molecule has 4 heterocycles. The van der Waals surface area contributed by atoms with Crippen molar-refractivity contribution in [3.8, 4) is 0 Å². The second kappa shape index (κ2) is 5.56. The van der Waals surface area contributed by atoms with Gasteiger partial charge in [0, 0.05) is 37.6 Å². The predicted molar refractivity (Wildman–Crippen MR) is 101 cm³/mol. The number of aryl methyl sites for hydroxylation is 1. The van der Waals surface area contributed by atoms with Crippen molar-refractivity contribution in [1.29, 1.82) is 0 Å². The normalized spacial score (nSPS) is 32.1. The van der Waals surface area contributed by atoms with Gasteiger partial charge in [0.05, 0.1) is 12.6 Å². The summed E-state index contributed by atoms with van der Waals surface area (Å²) in [6.45, 7) is 3.39. The number of amides is 1. The number of rotatable bonds is 2. The number of aromatic nitrogens is 1. The standard InChI is InChI=1S/C19H23N3O4S/c1-3-22-12-19-11-21(10-14(26-19)9-17(19)27(22,24)25)18(23)16-8-13-6-4-5-7-15(13)20(16)2/h4-8,14,17H,3,9-12H2,1-2H3/t14-,17+,19?/m1/s1. The van der Waals surface area contributed by atoms with Crippen LogP contribution in [0.5, 0.6) is 0 Å². The average Bonchev–Trinajstić information content (AvgIpc) is 3.19. The number of carbonyl (C=O) groups is 1. The van der Waals surface area contributed by atoms with E-state index >= 15 is 0 Å². The average molecular weight is 389 g/mol. The smallest absolute Gasteiger partial charge is 0.270 e. The number of nitrogens with zero attached hydrogens (tertiary/aromatic N) is 3. The van der Waals surface area contributed by atoms with Crippen molar-refractivity contribution in [2.24, 2.45) is 7.05 Å². The van der Waals surface area contributed by atoms with Gasteiger partial charge in [0.25, 0.3) is 5.91 Å². The Balaban J connectivity index is 1.49. The van der Waals surface area contributed by atoms with Crippen LogP contribution >= 0.6 is 0 Å². The first-order valence-corrected chi connectivity index (χ1v) is 10.9. The molecule has 3 atom stereocenters. The van der Waals surface area contributed by atoms with E-state index in [4.69, 9.17) is 4.74 Å². The van der Waals surface area contributed by atoms with E-state index in [1.165, 1.54) is 4.31 Å². The Kier molecular flexibility index (Phi) is 3.54. The Bertz CT molecular complexity index is 1050. The zero-order chi connectivity index (χ0) is 19.0. The van der Waals surface area contributed by atoms with Crippen molar-refractivity contribution in [2.45, 2.75) is 30.3 Å². The molecule has 1 aromatic heterocycles. The van der Waals surface area contributed by atoms with Gasteiger partial charge >= 0.3 is 0 Å². The highest BCUT2D eigenvalue weighted by atomic mass is 32.2. The summed E-state index contributed by atoms with van der Waals surface area (Å²) < 4.78 is 35.2. The lowest BCUT2D eigenvalue weighted by molar-refractivity contribution is -0.0976. The zero-order valence-electron chi connectivity index (χ0n) is 15.5. The Morgan fingerprint density at radius 1 is 1.30 bits per heavy atom. The molecule has 0 N–H and O–H groups in total. The third kappa shape index (κ3) is 2.26. The van der Waals surface area contributed by atoms with Gasteiger partial charge in [-0.2, -0.15) is 4.31 Å². The quantitative estimate of drug-likeness (QED) is 0.774. The van der Waals surface area contributed by atoms with Crippen LogP contribution in [0.4, 0.5) is 0 Å². The summed E-state index contributed by atoms with van der Waals surface area (Å²) in [5.41, 5.74) is 0.838. The molecule has 0 aliphatic carbocycles. The summed E-state index contributed by atoms with van der Waals surface area (Å²) in [6, 6.07) is 9.81. The summed E-state index contributed by atoms with van der Waals surface area (Å²) in [5.74, 6) is -0.0608. The predicted octanol–water partition coefficient (Wildman–Crippen LogP) is 1.20. The molecule has 1 amide bonds. The second-order valence-electron chi connectivity index (χ2n) is 7.83. The number of morpholine rings is 1. The van der Waals surface area contributed by atoms with E-state index in [0.717, 1.165) is 10.9 Å². The van der Waals surface area contributed by atoms with Crippen LogP contribution in [0.15, 0.2) is 30.3 Å². The van der Waals surface area contributed by atoms with E-state index in [-0.39, 0.29) is 12.0 Å². The molecule has 144 valence electrons. The Labute approximate surface area is 158 Å². The molecule has 1 aromatic carbocycles. The summed E-state index contributed by atoms with van der Waals surface area (Å²) >= 11 is 0. The van der Waals surface area contributed by atoms with Crippen LogP contribution in [0, 0.1) is 0 Å². The van der Waals surface area contributed by atoms with Gasteiger partial charge in [0.1, 0.15) is 16.5 Å². The Morgan fingerprint density at radius 2 is 2.07 bits per heavy atom. The third-order valence-corrected chi connectivity index (χ3v) is 8.77. The lowest BCUT2D eigenvalue weighted by Crippen LogP contribution is -2.56. The monoisotopic (exact) mass is 389 g/mol. The fraction of sp³-hybridized carbons (Fsp3) is 0.526. The van der Waals surface area contributed by atoms with Crippen molar-refractivity contribution in [2.75, 3.05) is 26.2 Å². The zero-order valence-corrected chi connectivity index (χ0v) is 16.3. The van der Waals surface area contributed by atoms with Gasteiger partial charge in [-0.1, -0.05) is 25.1 Å². The highest BCUT2D eigenvalue weighted by Gasteiger charge is 2.65. The first-order valence-electron chi connectivity index (χ1n) is 9.36. The molecule has 7 nitrogen and oxygen atoms in total. The maximum atomic E-state index is 13.3. The van der Waals surface area contributed by atoms with Crippen molar-refractivity contribution < 1.29 is 17.9 Å². The molecule has 3 aliphatic heterocycles. The summed E-state index contributed by atoms with van der Waals surface area (Å²) in [7, 11) is -1.46. The molecule has 1 spiro atoms. The molecule has 5 rings (SSSR count). The Hall–Kier alpha value is -1.90. The molecule has 1 unspecified atom stereocenters. The van der Waals surface area contributed by atoms with Gasteiger partial charge in [-0.3, -0.25) is 4.79 Å². The van der Waals surface area contributed by atoms with Crippen molar-refractivity contribution in [3.63, 3.8) is 0 Å². The van der Waals surface area contributed by atoms with Crippen molar-refractivity contribution >= 4 is 26.8 Å². The number of likely N-dealkylation sites (tertiary alicyclic amines) is 1. The van der Waals surface area contributed by atoms with Crippen LogP contribution in [0.1, 0.15) is 23.8 Å². The van der Waals surface area contributed by atoms with E-state index in [2.05, 4.69) is 0 Å². The fourth-order valence-corrected chi connectivity index (χ4v) is 7.37. The van der Waals surface area contributed by atoms with E-state index in [1.807, 2.05) is 48.9 Å². The number of carbonyl (C=O) groups excluding carboxylic acids is 1. The molecule has 3 saturated heterocycles. The number of sulfonamides is 1. The molecular weight excluding hydrogens is 366 g/mol. The van der Waals surface area contributed by atoms with Crippen molar-refractivity contribution in [3.05, 3.63) is 36.0 Å². The lowest BCUT2D eigenvalue weighted by atomic mass is 9.99. The minimum atomic E-state index is -3.36. The number of para-hydroxylation sites is 1. The topological polar surface area (TPSA) is 71.8 Å². The molecule has 0 radical (unpaired) electrons. The molecule has 3 fully saturated rings. The van der Waals surface area contributed by atoms with Crippen molar-refractivity contribution in [1.82, 2.24) is 13.8 Å². The van der Waals surface area contributed by atoms with Crippen LogP contribution in [0.2, 0.25) is 0 Å². The number of hydrogen-bond donors (Lipinski definition) is 0. The van der Waals surface area contributed by atoms with Gasteiger partial charge in [0.15, 0.2) is 0 Å². The van der Waals surface area contributed by atoms with Gasteiger partial charge in [0.2, 0.25) is 10.0 Å². The fourth-order valence-electron chi connectivity index (χ4n) is 5.05. The second-order valence-corrected chi connectivity index (χ2v) is 9.95. The number of hydrogen-bond acceptors (Lipinski definition) is 4. The molecule has 0 saturated carbocycles. The summed E-state index contributed by atoms with van der Waals surface area (Å²) in [4.78, 5) is 15.1. The van der Waals surface area contributed by atoms with Crippen LogP contribution in [0.3, 0.4) is 0 Å². The largest absolute Gasteiger partial charge is 0.365 e. The number of ether oxygens (including phenoxy) is 1. The van der Waals surface area contributed by atoms with Gasteiger partial charge in [-0.15, -0.1) is 0 Å². The SMILES string of the molecule is CCN1CC23CN(C(=O)c4cc5ccccc5n4C)C[C@@H](C[C@@H]2S1(=O)=O)O3. The molecule has 2 aromatic rings. The number of fused-ring (bicyclic) bond motifs is 2. The first-order chi connectivity index (χ1) is 12.9. The highest BCUT2D eigenvalue weighted by Crippen LogP contribution is 2.46. The highest BCUT2D eigenvalue weighted by molar-refractivity contribution is 7.90. The minimum Gasteiger partial charge on any atom is -0.365 e. The van der Waals surface area contributed by atoms with Crippen LogP contribution in [-0.4, -0.2) is 71.2 Å².